The molecule has 0 radical (unpaired) electrons. The first-order chi connectivity index (χ1) is 7.59. The molecule has 0 aliphatic rings. The van der Waals surface area contributed by atoms with E-state index >= 15 is 0 Å². The number of carbonyl (C=O) groups is 2. The number of phenols is 1. The highest BCUT2D eigenvalue weighted by Gasteiger charge is 2.03. The molecule has 2 N–H and O–H groups in total. The van der Waals surface area contributed by atoms with E-state index in [-0.39, 0.29) is 12.4 Å². The summed E-state index contributed by atoms with van der Waals surface area (Å²) in [6, 6.07) is 6.40. The number of para-hydroxylation sites is 1. The normalized spacial score (nSPS) is 10.2. The Kier molecular flexibility index (Phi) is 4.08. The van der Waals surface area contributed by atoms with Crippen molar-refractivity contribution in [3.8, 4) is 5.75 Å². The lowest BCUT2D eigenvalue weighted by Crippen LogP contribution is -2.02. The molecule has 0 aliphatic carbocycles. The molecule has 5 nitrogen and oxygen atoms in total. The van der Waals surface area contributed by atoms with Crippen LogP contribution in [0.4, 0.5) is 0 Å². The van der Waals surface area contributed by atoms with Crippen molar-refractivity contribution in [2.24, 2.45) is 0 Å². The third-order valence-electron chi connectivity index (χ3n) is 1.72. The van der Waals surface area contributed by atoms with E-state index < -0.39 is 11.9 Å². The molecule has 0 saturated carbocycles. The second kappa shape index (κ2) is 5.55. The molecule has 1 rings (SSSR count). The maximum absolute atomic E-state index is 11.0. The number of aliphatic carboxylic acids is 1. The van der Waals surface area contributed by atoms with E-state index in [0.29, 0.717) is 11.6 Å². The SMILES string of the molecule is O=C(O)C=CC(=O)OCc1ccccc1O. The monoisotopic (exact) mass is 222 g/mol. The average molecular weight is 222 g/mol. The van der Waals surface area contributed by atoms with Crippen LogP contribution in [0.3, 0.4) is 0 Å². The van der Waals surface area contributed by atoms with E-state index in [1.54, 1.807) is 18.2 Å². The van der Waals surface area contributed by atoms with Crippen molar-refractivity contribution >= 4 is 11.9 Å². The molecule has 16 heavy (non-hydrogen) atoms. The second-order valence-corrected chi connectivity index (χ2v) is 2.91. The van der Waals surface area contributed by atoms with Crippen molar-refractivity contribution in [2.75, 3.05) is 0 Å². The number of ether oxygens (including phenoxy) is 1. The minimum absolute atomic E-state index is 0.0255. The quantitative estimate of drug-likeness (QED) is 0.588. The van der Waals surface area contributed by atoms with Gasteiger partial charge in [-0.25, -0.2) is 9.59 Å². The van der Waals surface area contributed by atoms with Gasteiger partial charge in [-0.05, 0) is 6.07 Å². The Morgan fingerprint density at radius 1 is 1.25 bits per heavy atom. The standard InChI is InChI=1S/C11H10O5/c12-9-4-2-1-3-8(9)7-16-11(15)6-5-10(13)14/h1-6,12H,7H2,(H,13,14). The van der Waals surface area contributed by atoms with E-state index in [9.17, 15) is 14.7 Å². The fraction of sp³-hybridized carbons (Fsp3) is 0.0909. The van der Waals surface area contributed by atoms with Gasteiger partial charge < -0.3 is 14.9 Å². The highest BCUT2D eigenvalue weighted by molar-refractivity contribution is 5.90. The summed E-state index contributed by atoms with van der Waals surface area (Å²) < 4.78 is 4.71. The topological polar surface area (TPSA) is 83.8 Å². The number of benzene rings is 1. The highest BCUT2D eigenvalue weighted by atomic mass is 16.5. The fourth-order valence-electron chi connectivity index (χ4n) is 0.969. The zero-order valence-electron chi connectivity index (χ0n) is 8.29. The van der Waals surface area contributed by atoms with Gasteiger partial charge in [0.15, 0.2) is 0 Å². The molecule has 0 spiro atoms. The van der Waals surface area contributed by atoms with Gasteiger partial charge in [0.1, 0.15) is 12.4 Å². The molecule has 0 aliphatic heterocycles. The van der Waals surface area contributed by atoms with Gasteiger partial charge in [-0.3, -0.25) is 0 Å². The van der Waals surface area contributed by atoms with E-state index in [2.05, 4.69) is 0 Å². The third kappa shape index (κ3) is 3.83. The fourth-order valence-corrected chi connectivity index (χ4v) is 0.969. The maximum atomic E-state index is 11.0. The van der Waals surface area contributed by atoms with Gasteiger partial charge >= 0.3 is 11.9 Å². The van der Waals surface area contributed by atoms with Gasteiger partial charge in [-0.2, -0.15) is 0 Å². The molecule has 0 atom stereocenters. The average Bonchev–Trinajstić information content (AvgIpc) is 2.25. The van der Waals surface area contributed by atoms with Crippen LogP contribution in [-0.4, -0.2) is 22.2 Å². The molecule has 5 heteroatoms. The molecule has 0 amide bonds. The van der Waals surface area contributed by atoms with E-state index in [1.807, 2.05) is 0 Å². The van der Waals surface area contributed by atoms with Crippen LogP contribution < -0.4 is 0 Å². The summed E-state index contributed by atoms with van der Waals surface area (Å²) in [6.45, 7) is -0.102. The van der Waals surface area contributed by atoms with Crippen LogP contribution >= 0.6 is 0 Å². The second-order valence-electron chi connectivity index (χ2n) is 2.91. The lowest BCUT2D eigenvalue weighted by atomic mass is 10.2. The number of rotatable bonds is 4. The van der Waals surface area contributed by atoms with Crippen LogP contribution in [0.1, 0.15) is 5.56 Å². The van der Waals surface area contributed by atoms with Crippen LogP contribution in [-0.2, 0) is 20.9 Å². The van der Waals surface area contributed by atoms with Crippen LogP contribution in [0.2, 0.25) is 0 Å². The number of carboxylic acid groups (broad SMARTS) is 1. The number of hydrogen-bond acceptors (Lipinski definition) is 4. The zero-order valence-corrected chi connectivity index (χ0v) is 8.29. The van der Waals surface area contributed by atoms with Crippen molar-refractivity contribution in [1.82, 2.24) is 0 Å². The van der Waals surface area contributed by atoms with Crippen molar-refractivity contribution < 1.29 is 24.5 Å². The van der Waals surface area contributed by atoms with Gasteiger partial charge in [0.2, 0.25) is 0 Å². The van der Waals surface area contributed by atoms with Gasteiger partial charge in [0.05, 0.1) is 0 Å². The first-order valence-electron chi connectivity index (χ1n) is 4.44. The zero-order chi connectivity index (χ0) is 12.0. The number of aromatic hydroxyl groups is 1. The lowest BCUT2D eigenvalue weighted by molar-refractivity contribution is -0.139. The highest BCUT2D eigenvalue weighted by Crippen LogP contribution is 2.16. The summed E-state index contributed by atoms with van der Waals surface area (Å²) >= 11 is 0. The Balaban J connectivity index is 2.49. The predicted octanol–water partition coefficient (Wildman–Crippen LogP) is 1.08. The molecule has 1 aromatic rings. The molecular weight excluding hydrogens is 212 g/mol. The van der Waals surface area contributed by atoms with E-state index in [0.717, 1.165) is 6.08 Å². The minimum Gasteiger partial charge on any atom is -0.508 e. The molecule has 0 aromatic heterocycles. The number of carboxylic acids is 1. The number of carbonyl (C=O) groups excluding carboxylic acids is 1. The summed E-state index contributed by atoms with van der Waals surface area (Å²) in [5, 5.41) is 17.6. The Labute approximate surface area is 91.6 Å². The molecule has 0 bridgehead atoms. The first-order valence-corrected chi connectivity index (χ1v) is 4.44. The van der Waals surface area contributed by atoms with Crippen molar-refractivity contribution in [3.63, 3.8) is 0 Å². The van der Waals surface area contributed by atoms with Crippen LogP contribution in [0.25, 0.3) is 0 Å². The van der Waals surface area contributed by atoms with Crippen LogP contribution in [0, 0.1) is 0 Å². The van der Waals surface area contributed by atoms with Gasteiger partial charge in [0.25, 0.3) is 0 Å². The Bertz CT molecular complexity index is 422. The van der Waals surface area contributed by atoms with Crippen LogP contribution in [0.15, 0.2) is 36.4 Å². The first kappa shape index (κ1) is 11.8. The summed E-state index contributed by atoms with van der Waals surface area (Å²) in [6.07, 6.45) is 1.50. The van der Waals surface area contributed by atoms with E-state index in [1.165, 1.54) is 6.07 Å². The van der Waals surface area contributed by atoms with Crippen molar-refractivity contribution in [3.05, 3.63) is 42.0 Å². The largest absolute Gasteiger partial charge is 0.508 e. The Morgan fingerprint density at radius 3 is 2.56 bits per heavy atom. The van der Waals surface area contributed by atoms with Gasteiger partial charge in [-0.1, -0.05) is 18.2 Å². The number of phenolic OH excluding ortho intramolecular Hbond substituents is 1. The molecule has 0 unspecified atom stereocenters. The van der Waals surface area contributed by atoms with Crippen molar-refractivity contribution in [2.45, 2.75) is 6.61 Å². The molecule has 0 saturated heterocycles. The molecule has 0 fully saturated rings. The molecule has 0 heterocycles. The maximum Gasteiger partial charge on any atom is 0.331 e. The van der Waals surface area contributed by atoms with Crippen LogP contribution in [0.5, 0.6) is 5.75 Å². The lowest BCUT2D eigenvalue weighted by Gasteiger charge is -2.03. The van der Waals surface area contributed by atoms with Gasteiger partial charge in [0, 0.05) is 17.7 Å². The molecule has 84 valence electrons. The third-order valence-corrected chi connectivity index (χ3v) is 1.72. The van der Waals surface area contributed by atoms with E-state index in [4.69, 9.17) is 9.84 Å². The Morgan fingerprint density at radius 2 is 1.94 bits per heavy atom. The van der Waals surface area contributed by atoms with Crippen molar-refractivity contribution in [1.29, 1.82) is 0 Å². The summed E-state index contributed by atoms with van der Waals surface area (Å²) in [7, 11) is 0. The number of hydrogen-bond donors (Lipinski definition) is 2. The Hall–Kier alpha value is -2.30. The molecule has 1 aromatic carbocycles. The smallest absolute Gasteiger partial charge is 0.331 e. The molecular formula is C11H10O5. The predicted molar refractivity (Wildman–Crippen MR) is 54.7 cm³/mol. The minimum atomic E-state index is -1.22. The van der Waals surface area contributed by atoms with Gasteiger partial charge in [-0.15, -0.1) is 0 Å². The number of esters is 1. The summed E-state index contributed by atoms with van der Waals surface area (Å²) in [5.74, 6) is -1.97. The summed E-state index contributed by atoms with van der Waals surface area (Å²) in [5.41, 5.74) is 0.458. The summed E-state index contributed by atoms with van der Waals surface area (Å²) in [4.78, 5) is 21.1.